The van der Waals surface area contributed by atoms with Crippen LogP contribution >= 0.6 is 0 Å². The van der Waals surface area contributed by atoms with Gasteiger partial charge in [-0.1, -0.05) is 121 Å². The summed E-state index contributed by atoms with van der Waals surface area (Å²) < 4.78 is 0. The lowest BCUT2D eigenvalue weighted by atomic mass is 10.0. The molecular formula is C31H24N2O3. The van der Waals surface area contributed by atoms with Crippen LogP contribution < -0.4 is 5.43 Å². The van der Waals surface area contributed by atoms with Gasteiger partial charge in [0.15, 0.2) is 5.78 Å². The number of hydrogen-bond acceptors (Lipinski definition) is 5. The Morgan fingerprint density at radius 3 is 1.47 bits per heavy atom. The third kappa shape index (κ3) is 6.30. The van der Waals surface area contributed by atoms with E-state index in [0.717, 1.165) is 17.2 Å². The lowest BCUT2D eigenvalue weighted by Crippen LogP contribution is -2.19. The van der Waals surface area contributed by atoms with Gasteiger partial charge in [0.25, 0.3) is 0 Å². The highest BCUT2D eigenvalue weighted by molar-refractivity contribution is 6.15. The van der Waals surface area contributed by atoms with Crippen LogP contribution in [0.25, 0.3) is 5.76 Å². The molecule has 0 fully saturated rings. The third-order valence-corrected chi connectivity index (χ3v) is 5.32. The number of nitrogens with zero attached hydrogens (tertiary/aromatic N) is 1. The van der Waals surface area contributed by atoms with Crippen molar-refractivity contribution >= 4 is 23.0 Å². The Balaban J connectivity index is 1.73. The summed E-state index contributed by atoms with van der Waals surface area (Å²) in [5, 5.41) is 15.0. The smallest absolute Gasteiger partial charge is 0.207 e. The van der Waals surface area contributed by atoms with Crippen molar-refractivity contribution in [1.29, 1.82) is 0 Å². The van der Waals surface area contributed by atoms with E-state index in [1.165, 1.54) is 6.08 Å². The topological polar surface area (TPSA) is 78.8 Å². The normalized spacial score (nSPS) is 11.4. The summed E-state index contributed by atoms with van der Waals surface area (Å²) >= 11 is 0. The monoisotopic (exact) mass is 472 g/mol. The van der Waals surface area contributed by atoms with Crippen molar-refractivity contribution in [2.75, 3.05) is 0 Å². The van der Waals surface area contributed by atoms with E-state index in [9.17, 15) is 14.7 Å². The minimum atomic E-state index is -0.593. The molecule has 0 aliphatic carbocycles. The molecule has 0 aliphatic heterocycles. The number of benzene rings is 4. The van der Waals surface area contributed by atoms with Gasteiger partial charge in [-0.05, 0) is 0 Å². The number of hydrazone groups is 1. The molecule has 4 aromatic carbocycles. The fourth-order valence-electron chi connectivity index (χ4n) is 3.47. The summed E-state index contributed by atoms with van der Waals surface area (Å²) in [6.07, 6.45) is 2.27. The van der Waals surface area contributed by atoms with E-state index in [2.05, 4.69) is 10.5 Å². The number of carbonyl (C=O) groups is 2. The molecular weight excluding hydrogens is 448 g/mol. The third-order valence-electron chi connectivity index (χ3n) is 5.32. The van der Waals surface area contributed by atoms with Crippen molar-refractivity contribution in [2.45, 2.75) is 0 Å². The van der Waals surface area contributed by atoms with E-state index in [1.807, 2.05) is 72.8 Å². The number of rotatable bonds is 9. The highest BCUT2D eigenvalue weighted by Gasteiger charge is 2.14. The van der Waals surface area contributed by atoms with Crippen LogP contribution in [0.15, 0.2) is 144 Å². The Labute approximate surface area is 209 Å². The molecule has 0 spiro atoms. The van der Waals surface area contributed by atoms with Crippen LogP contribution in [0.5, 0.6) is 0 Å². The predicted molar refractivity (Wildman–Crippen MR) is 143 cm³/mol. The maximum absolute atomic E-state index is 13.2. The van der Waals surface area contributed by atoms with Crippen molar-refractivity contribution in [3.05, 3.63) is 161 Å². The average molecular weight is 473 g/mol. The van der Waals surface area contributed by atoms with E-state index >= 15 is 0 Å². The van der Waals surface area contributed by atoms with Gasteiger partial charge in [0.2, 0.25) is 5.78 Å². The molecule has 0 aliphatic rings. The zero-order valence-electron chi connectivity index (χ0n) is 19.4. The van der Waals surface area contributed by atoms with Gasteiger partial charge in [-0.3, -0.25) is 15.0 Å². The van der Waals surface area contributed by atoms with Crippen molar-refractivity contribution in [3.8, 4) is 0 Å². The Hall–Kier alpha value is -5.03. The number of allylic oxidation sites excluding steroid dienone is 2. The zero-order valence-corrected chi connectivity index (χ0v) is 19.4. The van der Waals surface area contributed by atoms with Gasteiger partial charge in [0, 0.05) is 34.4 Å². The molecule has 0 amide bonds. The number of carbonyl (C=O) groups excluding carboxylic acids is 2. The standard InChI is InChI=1S/C31H24N2O3/c34-28(23-13-5-1-6-14-23)21-27(30(36)22-29(35)24-15-7-2-8-16-24)32-33-31(25-17-9-3-10-18-25)26-19-11-4-12-20-26/h1-22,32,35H/b27-21-,29-22-. The lowest BCUT2D eigenvalue weighted by Gasteiger charge is -2.10. The number of hydrogen-bond donors (Lipinski definition) is 2. The van der Waals surface area contributed by atoms with Gasteiger partial charge >= 0.3 is 0 Å². The zero-order chi connectivity index (χ0) is 25.2. The molecule has 4 rings (SSSR count). The second kappa shape index (κ2) is 11.9. The van der Waals surface area contributed by atoms with Crippen molar-refractivity contribution in [2.24, 2.45) is 5.10 Å². The molecule has 176 valence electrons. The van der Waals surface area contributed by atoms with Crippen LogP contribution in [-0.2, 0) is 4.79 Å². The number of nitrogens with one attached hydrogen (secondary N) is 1. The van der Waals surface area contributed by atoms with Gasteiger partial charge in [0.1, 0.15) is 11.5 Å². The first-order valence-corrected chi connectivity index (χ1v) is 11.4. The second-order valence-electron chi connectivity index (χ2n) is 7.85. The molecule has 5 heteroatoms. The Morgan fingerprint density at radius 1 is 0.583 bits per heavy atom. The molecule has 0 saturated carbocycles. The van der Waals surface area contributed by atoms with Gasteiger partial charge in [-0.15, -0.1) is 0 Å². The Kier molecular flexibility index (Phi) is 7.97. The highest BCUT2D eigenvalue weighted by Crippen LogP contribution is 2.14. The SMILES string of the molecule is O=C(/C=C(\O)c1ccccc1)/C(=C/C(=O)c1ccccc1)NN=C(c1ccccc1)c1ccccc1. The highest BCUT2D eigenvalue weighted by atomic mass is 16.3. The molecule has 0 aromatic heterocycles. The van der Waals surface area contributed by atoms with Crippen LogP contribution in [0, 0.1) is 0 Å². The summed E-state index contributed by atoms with van der Waals surface area (Å²) in [6.45, 7) is 0. The molecule has 5 nitrogen and oxygen atoms in total. The van der Waals surface area contributed by atoms with Crippen molar-refractivity contribution < 1.29 is 14.7 Å². The molecule has 0 atom stereocenters. The molecule has 0 radical (unpaired) electrons. The lowest BCUT2D eigenvalue weighted by molar-refractivity contribution is -0.111. The van der Waals surface area contributed by atoms with Crippen LogP contribution in [0.4, 0.5) is 0 Å². The maximum atomic E-state index is 13.2. The maximum Gasteiger partial charge on any atom is 0.207 e. The number of aliphatic hydroxyl groups excluding tert-OH is 1. The molecule has 0 saturated heterocycles. The fourth-order valence-corrected chi connectivity index (χ4v) is 3.47. The Morgan fingerprint density at radius 2 is 1.00 bits per heavy atom. The minimum Gasteiger partial charge on any atom is -0.507 e. The van der Waals surface area contributed by atoms with Crippen LogP contribution in [0.2, 0.25) is 0 Å². The van der Waals surface area contributed by atoms with Gasteiger partial charge < -0.3 is 5.11 Å². The summed E-state index contributed by atoms with van der Waals surface area (Å²) in [7, 11) is 0. The summed E-state index contributed by atoms with van der Waals surface area (Å²) in [5.74, 6) is -1.17. The fraction of sp³-hybridized carbons (Fsp3) is 0. The predicted octanol–water partition coefficient (Wildman–Crippen LogP) is 5.96. The molecule has 4 aromatic rings. The number of aliphatic hydroxyl groups is 1. The summed E-state index contributed by atoms with van der Waals surface area (Å²) in [6, 6.07) is 36.4. The van der Waals surface area contributed by atoms with Crippen molar-refractivity contribution in [1.82, 2.24) is 5.43 Å². The van der Waals surface area contributed by atoms with Gasteiger partial charge in [0.05, 0.1) is 5.71 Å². The van der Waals surface area contributed by atoms with E-state index in [4.69, 9.17) is 0 Å². The van der Waals surface area contributed by atoms with E-state index in [0.29, 0.717) is 16.8 Å². The largest absolute Gasteiger partial charge is 0.507 e. The van der Waals surface area contributed by atoms with Crippen LogP contribution in [0.1, 0.15) is 27.0 Å². The second-order valence-corrected chi connectivity index (χ2v) is 7.85. The van der Waals surface area contributed by atoms with E-state index in [1.54, 1.807) is 48.5 Å². The minimum absolute atomic E-state index is 0.0734. The Bertz CT molecular complexity index is 1370. The first-order chi connectivity index (χ1) is 17.6. The summed E-state index contributed by atoms with van der Waals surface area (Å²) in [4.78, 5) is 26.1. The first kappa shape index (κ1) is 24.1. The molecule has 0 unspecified atom stereocenters. The first-order valence-electron chi connectivity index (χ1n) is 11.4. The van der Waals surface area contributed by atoms with Gasteiger partial charge in [-0.25, -0.2) is 0 Å². The number of ketones is 2. The molecule has 0 heterocycles. The molecule has 0 bridgehead atoms. The van der Waals surface area contributed by atoms with E-state index < -0.39 is 5.78 Å². The quantitative estimate of drug-likeness (QED) is 0.104. The van der Waals surface area contributed by atoms with E-state index in [-0.39, 0.29) is 17.2 Å². The average Bonchev–Trinajstić information content (AvgIpc) is 2.94. The van der Waals surface area contributed by atoms with Crippen LogP contribution in [-0.4, -0.2) is 22.4 Å². The molecule has 2 N–H and O–H groups in total. The van der Waals surface area contributed by atoms with Crippen molar-refractivity contribution in [3.63, 3.8) is 0 Å². The van der Waals surface area contributed by atoms with Gasteiger partial charge in [-0.2, -0.15) is 5.10 Å². The molecule has 36 heavy (non-hydrogen) atoms. The summed E-state index contributed by atoms with van der Waals surface area (Å²) in [5.41, 5.74) is 5.90. The van der Waals surface area contributed by atoms with Crippen LogP contribution in [0.3, 0.4) is 0 Å².